The molecule has 0 radical (unpaired) electrons. The molecule has 0 fully saturated rings. The largest absolute Gasteiger partial charge is 0.481 e. The zero-order chi connectivity index (χ0) is 12.3. The number of benzene rings is 1. The molecular formula is C11H13NO4. The van der Waals surface area contributed by atoms with Crippen LogP contribution in [0.4, 0.5) is 5.69 Å². The fraction of sp³-hybridized carbons (Fsp3) is 0.364. The minimum absolute atomic E-state index is 0.00639. The quantitative estimate of drug-likeness (QED) is 0.627. The Morgan fingerprint density at radius 3 is 2.62 bits per heavy atom. The third-order valence-corrected chi connectivity index (χ3v) is 2.56. The highest BCUT2D eigenvalue weighted by atomic mass is 16.6. The smallest absolute Gasteiger partial charge is 0.310 e. The molecule has 0 amide bonds. The molecule has 5 nitrogen and oxygen atoms in total. The third kappa shape index (κ3) is 2.36. The van der Waals surface area contributed by atoms with Crippen LogP contribution in [0.15, 0.2) is 18.2 Å². The van der Waals surface area contributed by atoms with Crippen molar-refractivity contribution in [2.75, 3.05) is 0 Å². The number of nitrogens with zero attached hydrogens (tertiary/aromatic N) is 1. The van der Waals surface area contributed by atoms with Crippen molar-refractivity contribution in [3.63, 3.8) is 0 Å². The fourth-order valence-corrected chi connectivity index (χ4v) is 1.46. The van der Waals surface area contributed by atoms with Crippen molar-refractivity contribution in [2.24, 2.45) is 0 Å². The summed E-state index contributed by atoms with van der Waals surface area (Å²) in [7, 11) is 0. The Hall–Kier alpha value is -1.91. The third-order valence-electron chi connectivity index (χ3n) is 2.56. The number of nitro benzene ring substituents is 1. The van der Waals surface area contributed by atoms with Crippen LogP contribution in [0.5, 0.6) is 0 Å². The summed E-state index contributed by atoms with van der Waals surface area (Å²) in [5.41, 5.74) is 1.07. The second-order valence-corrected chi connectivity index (χ2v) is 3.56. The van der Waals surface area contributed by atoms with Crippen molar-refractivity contribution in [3.8, 4) is 0 Å². The van der Waals surface area contributed by atoms with Crippen molar-refractivity contribution < 1.29 is 14.8 Å². The van der Waals surface area contributed by atoms with Gasteiger partial charge in [0.1, 0.15) is 0 Å². The van der Waals surface area contributed by atoms with E-state index in [0.29, 0.717) is 17.5 Å². The van der Waals surface area contributed by atoms with Crippen molar-refractivity contribution >= 4 is 11.7 Å². The van der Waals surface area contributed by atoms with Crippen LogP contribution in [0.25, 0.3) is 0 Å². The minimum atomic E-state index is -0.987. The van der Waals surface area contributed by atoms with Crippen molar-refractivity contribution in [2.45, 2.75) is 26.2 Å². The molecule has 1 atom stereocenters. The molecule has 0 saturated heterocycles. The van der Waals surface area contributed by atoms with E-state index < -0.39 is 16.8 Å². The summed E-state index contributed by atoms with van der Waals surface area (Å²) >= 11 is 0. The molecule has 0 saturated carbocycles. The second kappa shape index (κ2) is 4.74. The highest BCUT2D eigenvalue weighted by Gasteiger charge is 2.19. The van der Waals surface area contributed by atoms with E-state index in [4.69, 9.17) is 5.11 Å². The molecule has 1 rings (SSSR count). The molecule has 86 valence electrons. The van der Waals surface area contributed by atoms with Gasteiger partial charge in [0, 0.05) is 11.6 Å². The molecule has 1 aromatic carbocycles. The van der Waals surface area contributed by atoms with E-state index >= 15 is 0 Å². The first-order chi connectivity index (χ1) is 7.47. The molecule has 0 aliphatic heterocycles. The average Bonchev–Trinajstić information content (AvgIpc) is 2.26. The fourth-order valence-electron chi connectivity index (χ4n) is 1.46. The number of carboxylic acid groups (broad SMARTS) is 1. The summed E-state index contributed by atoms with van der Waals surface area (Å²) in [4.78, 5) is 21.1. The van der Waals surface area contributed by atoms with E-state index in [9.17, 15) is 14.9 Å². The van der Waals surface area contributed by atoms with Crippen LogP contribution in [0, 0.1) is 10.1 Å². The lowest BCUT2D eigenvalue weighted by molar-refractivity contribution is -0.385. The van der Waals surface area contributed by atoms with E-state index in [1.54, 1.807) is 12.1 Å². The Labute approximate surface area is 92.9 Å². The van der Waals surface area contributed by atoms with Gasteiger partial charge in [-0.15, -0.1) is 0 Å². The summed E-state index contributed by atoms with van der Waals surface area (Å²) in [6.45, 7) is 3.33. The van der Waals surface area contributed by atoms with Crippen molar-refractivity contribution in [3.05, 3.63) is 39.4 Å². The van der Waals surface area contributed by atoms with E-state index in [0.717, 1.165) is 0 Å². The van der Waals surface area contributed by atoms with E-state index in [1.165, 1.54) is 13.0 Å². The number of rotatable bonds is 4. The van der Waals surface area contributed by atoms with Crippen LogP contribution < -0.4 is 0 Å². The Kier molecular flexibility index (Phi) is 3.60. The van der Waals surface area contributed by atoms with Gasteiger partial charge in [-0.3, -0.25) is 14.9 Å². The number of carbonyl (C=O) groups is 1. The molecule has 0 aromatic heterocycles. The minimum Gasteiger partial charge on any atom is -0.481 e. The van der Waals surface area contributed by atoms with Crippen LogP contribution in [-0.2, 0) is 11.2 Å². The van der Waals surface area contributed by atoms with Crippen LogP contribution in [-0.4, -0.2) is 16.0 Å². The lowest BCUT2D eigenvalue weighted by atomic mass is 9.98. The predicted molar refractivity (Wildman–Crippen MR) is 58.5 cm³/mol. The number of carboxylic acids is 1. The highest BCUT2D eigenvalue weighted by Crippen LogP contribution is 2.25. The van der Waals surface area contributed by atoms with Crippen LogP contribution >= 0.6 is 0 Å². The number of nitro groups is 1. The maximum Gasteiger partial charge on any atom is 0.310 e. The summed E-state index contributed by atoms with van der Waals surface area (Å²) in [6.07, 6.45) is 0.554. The van der Waals surface area contributed by atoms with Crippen LogP contribution in [0.2, 0.25) is 0 Å². The average molecular weight is 223 g/mol. The summed E-state index contributed by atoms with van der Waals surface area (Å²) in [5.74, 6) is -1.72. The normalized spacial score (nSPS) is 12.1. The van der Waals surface area contributed by atoms with Gasteiger partial charge in [0.05, 0.1) is 10.8 Å². The summed E-state index contributed by atoms with van der Waals surface area (Å²) in [6, 6.07) is 4.59. The number of aryl methyl sites for hydroxylation is 1. The molecule has 16 heavy (non-hydrogen) atoms. The molecular weight excluding hydrogens is 210 g/mol. The van der Waals surface area contributed by atoms with Crippen LogP contribution in [0.1, 0.15) is 30.9 Å². The number of hydrogen-bond donors (Lipinski definition) is 1. The second-order valence-electron chi connectivity index (χ2n) is 3.56. The first kappa shape index (κ1) is 12.2. The topological polar surface area (TPSA) is 80.4 Å². The van der Waals surface area contributed by atoms with Gasteiger partial charge in [0.25, 0.3) is 5.69 Å². The first-order valence-corrected chi connectivity index (χ1v) is 4.97. The van der Waals surface area contributed by atoms with Gasteiger partial charge >= 0.3 is 5.97 Å². The number of aliphatic carboxylic acids is 1. The van der Waals surface area contributed by atoms with Crippen LogP contribution in [0.3, 0.4) is 0 Å². The molecule has 1 unspecified atom stereocenters. The van der Waals surface area contributed by atoms with Crippen molar-refractivity contribution in [1.82, 2.24) is 0 Å². The zero-order valence-electron chi connectivity index (χ0n) is 9.14. The van der Waals surface area contributed by atoms with E-state index in [2.05, 4.69) is 0 Å². The molecule has 0 aliphatic carbocycles. The van der Waals surface area contributed by atoms with Gasteiger partial charge in [-0.2, -0.15) is 0 Å². The molecule has 0 heterocycles. The molecule has 0 spiro atoms. The predicted octanol–water partition coefficient (Wildman–Crippen LogP) is 2.35. The maximum atomic E-state index is 10.8. The monoisotopic (exact) mass is 223 g/mol. The van der Waals surface area contributed by atoms with Gasteiger partial charge in [-0.25, -0.2) is 0 Å². The van der Waals surface area contributed by atoms with Gasteiger partial charge in [0.15, 0.2) is 0 Å². The molecule has 0 aliphatic rings. The van der Waals surface area contributed by atoms with E-state index in [1.807, 2.05) is 6.92 Å². The van der Waals surface area contributed by atoms with Gasteiger partial charge in [-0.1, -0.05) is 19.1 Å². The molecule has 5 heteroatoms. The Morgan fingerprint density at radius 1 is 1.56 bits per heavy atom. The zero-order valence-corrected chi connectivity index (χ0v) is 9.14. The van der Waals surface area contributed by atoms with Gasteiger partial charge in [-0.05, 0) is 18.9 Å². The van der Waals surface area contributed by atoms with Gasteiger partial charge < -0.3 is 5.11 Å². The number of hydrogen-bond acceptors (Lipinski definition) is 3. The molecule has 1 aromatic rings. The van der Waals surface area contributed by atoms with E-state index in [-0.39, 0.29) is 5.69 Å². The maximum absolute atomic E-state index is 10.8. The molecule has 0 bridgehead atoms. The lowest BCUT2D eigenvalue weighted by Crippen LogP contribution is -2.08. The SMILES string of the molecule is CCc1ccc(C(C)C(=O)O)cc1[N+](=O)[O-]. The highest BCUT2D eigenvalue weighted by molar-refractivity contribution is 5.76. The summed E-state index contributed by atoms with van der Waals surface area (Å²) in [5, 5.41) is 19.6. The Morgan fingerprint density at radius 2 is 2.19 bits per heavy atom. The molecule has 1 N–H and O–H groups in total. The van der Waals surface area contributed by atoms with Crippen molar-refractivity contribution in [1.29, 1.82) is 0 Å². The first-order valence-electron chi connectivity index (χ1n) is 4.97. The lowest BCUT2D eigenvalue weighted by Gasteiger charge is -2.07. The Balaban J connectivity index is 3.21. The standard InChI is InChI=1S/C11H13NO4/c1-3-8-4-5-9(7(2)11(13)14)6-10(8)12(15)16/h4-7H,3H2,1-2H3,(H,13,14). The summed E-state index contributed by atoms with van der Waals surface area (Å²) < 4.78 is 0. The van der Waals surface area contributed by atoms with Gasteiger partial charge in [0.2, 0.25) is 0 Å². The Bertz CT molecular complexity index is 428.